The third kappa shape index (κ3) is 2.94. The van der Waals surface area contributed by atoms with Crippen molar-refractivity contribution in [1.82, 2.24) is 0 Å². The third-order valence-corrected chi connectivity index (χ3v) is 8.70. The Balaban J connectivity index is 0.000000127. The summed E-state index contributed by atoms with van der Waals surface area (Å²) in [6.45, 7) is 0. The zero-order chi connectivity index (χ0) is 21.8. The first-order chi connectivity index (χ1) is 16.4. The molecule has 0 fully saturated rings. The molecule has 8 rings (SSSR count). The monoisotopic (exact) mass is 486 g/mol. The SMILES string of the molecule is c1ccc2c(c1)N=c1ccc3c(c1-2)N=c1ccccc1=3.c1ccc2c(c1)[se]c1ccccc12. The van der Waals surface area contributed by atoms with Gasteiger partial charge in [-0.05, 0) is 24.3 Å². The van der Waals surface area contributed by atoms with E-state index in [0.29, 0.717) is 14.5 Å². The van der Waals surface area contributed by atoms with Crippen molar-refractivity contribution >= 4 is 45.2 Å². The second kappa shape index (κ2) is 7.38. The number of hydrogen-bond acceptors (Lipinski definition) is 2. The molecule has 2 aliphatic rings. The molecule has 0 aliphatic carbocycles. The summed E-state index contributed by atoms with van der Waals surface area (Å²) in [6.07, 6.45) is 0. The van der Waals surface area contributed by atoms with E-state index < -0.39 is 0 Å². The summed E-state index contributed by atoms with van der Waals surface area (Å²) < 4.78 is 3.05. The molecular weight excluding hydrogens is 467 g/mol. The van der Waals surface area contributed by atoms with E-state index in [1.54, 1.807) is 0 Å². The summed E-state index contributed by atoms with van der Waals surface area (Å²) in [6, 6.07) is 38.3. The van der Waals surface area contributed by atoms with Gasteiger partial charge in [-0.1, -0.05) is 36.4 Å². The molecule has 0 radical (unpaired) electrons. The van der Waals surface area contributed by atoms with Gasteiger partial charge in [0.05, 0.1) is 22.1 Å². The molecule has 33 heavy (non-hydrogen) atoms. The van der Waals surface area contributed by atoms with Gasteiger partial charge < -0.3 is 0 Å². The maximum absolute atomic E-state index is 4.83. The van der Waals surface area contributed by atoms with Crippen LogP contribution in [0.1, 0.15) is 0 Å². The van der Waals surface area contributed by atoms with Gasteiger partial charge in [0.25, 0.3) is 0 Å². The maximum atomic E-state index is 4.83. The van der Waals surface area contributed by atoms with Gasteiger partial charge in [0.1, 0.15) is 0 Å². The fraction of sp³-hybridized carbons (Fsp3) is 0. The van der Waals surface area contributed by atoms with E-state index in [0.717, 1.165) is 22.1 Å². The molecule has 154 valence electrons. The van der Waals surface area contributed by atoms with Crippen LogP contribution in [0.5, 0.6) is 0 Å². The average molecular weight is 485 g/mol. The van der Waals surface area contributed by atoms with E-state index in [2.05, 4.69) is 97.1 Å². The van der Waals surface area contributed by atoms with Crippen LogP contribution in [-0.4, -0.2) is 14.5 Å². The molecule has 0 spiro atoms. The van der Waals surface area contributed by atoms with Crippen LogP contribution in [0.3, 0.4) is 0 Å². The molecule has 5 aromatic carbocycles. The van der Waals surface area contributed by atoms with Gasteiger partial charge in [-0.15, -0.1) is 0 Å². The van der Waals surface area contributed by atoms with Crippen LogP contribution in [0.15, 0.2) is 119 Å². The Hall–Kier alpha value is -3.78. The fourth-order valence-electron chi connectivity index (χ4n) is 4.78. The number of rotatable bonds is 0. The number of nitrogens with zero attached hydrogens (tertiary/aromatic N) is 2. The Morgan fingerprint density at radius 1 is 0.485 bits per heavy atom. The molecule has 0 amide bonds. The minimum atomic E-state index is 0.535. The molecule has 3 heteroatoms. The quantitative estimate of drug-likeness (QED) is 0.228. The first kappa shape index (κ1) is 18.8. The van der Waals surface area contributed by atoms with E-state index in [1.165, 1.54) is 40.9 Å². The summed E-state index contributed by atoms with van der Waals surface area (Å²) in [5.74, 6) is 0. The second-order valence-electron chi connectivity index (χ2n) is 8.21. The first-order valence-corrected chi connectivity index (χ1v) is 12.7. The Labute approximate surface area is 196 Å². The van der Waals surface area contributed by atoms with Gasteiger partial charge in [-0.2, -0.15) is 0 Å². The van der Waals surface area contributed by atoms with Crippen molar-refractivity contribution in [3.63, 3.8) is 0 Å². The third-order valence-electron chi connectivity index (χ3n) is 6.28. The molecule has 0 atom stereocenters. The van der Waals surface area contributed by atoms with Gasteiger partial charge in [-0.3, -0.25) is 0 Å². The van der Waals surface area contributed by atoms with Gasteiger partial charge >= 0.3 is 82.3 Å². The number of para-hydroxylation sites is 2. The van der Waals surface area contributed by atoms with E-state index in [4.69, 9.17) is 9.98 Å². The van der Waals surface area contributed by atoms with Crippen molar-refractivity contribution in [2.45, 2.75) is 0 Å². The second-order valence-corrected chi connectivity index (χ2v) is 10.5. The van der Waals surface area contributed by atoms with Gasteiger partial charge in [-0.25, -0.2) is 9.98 Å². The van der Waals surface area contributed by atoms with Crippen LogP contribution in [0, 0.1) is 10.4 Å². The Kier molecular flexibility index (Phi) is 4.20. The van der Waals surface area contributed by atoms with Crippen molar-refractivity contribution in [1.29, 1.82) is 0 Å². The topological polar surface area (TPSA) is 24.7 Å². The Morgan fingerprint density at radius 3 is 1.97 bits per heavy atom. The van der Waals surface area contributed by atoms with Crippen LogP contribution >= 0.6 is 0 Å². The molecule has 3 heterocycles. The molecule has 0 N–H and O–H groups in total. The van der Waals surface area contributed by atoms with Crippen LogP contribution in [0.4, 0.5) is 11.4 Å². The van der Waals surface area contributed by atoms with E-state index in [-0.39, 0.29) is 0 Å². The summed E-state index contributed by atoms with van der Waals surface area (Å²) in [5.41, 5.74) is 4.48. The van der Waals surface area contributed by atoms with Gasteiger partial charge in [0.15, 0.2) is 0 Å². The molecule has 0 unspecified atom stereocenters. The number of benzene rings is 5. The van der Waals surface area contributed by atoms with Crippen molar-refractivity contribution in [3.8, 4) is 11.1 Å². The zero-order valence-electron chi connectivity index (χ0n) is 17.7. The van der Waals surface area contributed by atoms with Crippen molar-refractivity contribution < 1.29 is 0 Å². The fourth-order valence-corrected chi connectivity index (χ4v) is 7.10. The standard InChI is InChI=1S/C18H10N2.C12H8Se/c1-3-7-14-11(5-1)12-9-10-16-17(18(12)20-14)13-6-2-4-8-15(13)19-16;1-3-7-11-9(5-1)10-6-2-4-8-12(10)13-11/h1-10H;1-8H. The summed E-state index contributed by atoms with van der Waals surface area (Å²) >= 11 is 0.535. The van der Waals surface area contributed by atoms with Gasteiger partial charge in [0.2, 0.25) is 0 Å². The van der Waals surface area contributed by atoms with Crippen LogP contribution in [0.25, 0.3) is 30.4 Å². The zero-order valence-corrected chi connectivity index (χ0v) is 19.4. The van der Waals surface area contributed by atoms with Crippen LogP contribution in [0.2, 0.25) is 0 Å². The molecule has 1 aromatic heterocycles. The molecule has 6 aromatic rings. The van der Waals surface area contributed by atoms with E-state index in [1.807, 2.05) is 12.1 Å². The number of fused-ring (bicyclic) bond motifs is 9. The molecule has 0 saturated heterocycles. The summed E-state index contributed by atoms with van der Waals surface area (Å²) in [4.78, 5) is 9.52. The molecule has 0 bridgehead atoms. The molecule has 2 nitrogen and oxygen atoms in total. The molecular formula is C30H18N2Se. The van der Waals surface area contributed by atoms with Crippen molar-refractivity contribution in [2.24, 2.45) is 9.98 Å². The normalized spacial score (nSPS) is 12.1. The van der Waals surface area contributed by atoms with E-state index >= 15 is 0 Å². The van der Waals surface area contributed by atoms with Crippen LogP contribution < -0.4 is 10.7 Å². The summed E-state index contributed by atoms with van der Waals surface area (Å²) in [7, 11) is 0. The van der Waals surface area contributed by atoms with Crippen molar-refractivity contribution in [2.75, 3.05) is 0 Å². The van der Waals surface area contributed by atoms with Crippen molar-refractivity contribution in [3.05, 3.63) is 130 Å². The minimum absolute atomic E-state index is 0.535. The molecule has 2 aliphatic heterocycles. The Morgan fingerprint density at radius 2 is 1.15 bits per heavy atom. The van der Waals surface area contributed by atoms with Gasteiger partial charge in [0, 0.05) is 21.6 Å². The molecule has 0 saturated carbocycles. The first-order valence-electron chi connectivity index (χ1n) is 11.0. The predicted octanol–water partition coefficient (Wildman–Crippen LogP) is 6.22. The van der Waals surface area contributed by atoms with E-state index in [9.17, 15) is 0 Å². The average Bonchev–Trinajstić information content (AvgIpc) is 3.55. The number of hydrogen-bond donors (Lipinski definition) is 0. The summed E-state index contributed by atoms with van der Waals surface area (Å²) in [5, 5.41) is 7.40. The Bertz CT molecular complexity index is 1880. The predicted molar refractivity (Wildman–Crippen MR) is 136 cm³/mol. The van der Waals surface area contributed by atoms with Crippen LogP contribution in [-0.2, 0) is 0 Å².